The van der Waals surface area contributed by atoms with Crippen LogP contribution in [0, 0.1) is 11.3 Å². The second-order valence-electron chi connectivity index (χ2n) is 9.07. The molecular weight excluding hydrogens is 539 g/mol. The van der Waals surface area contributed by atoms with E-state index in [0.29, 0.717) is 5.56 Å². The van der Waals surface area contributed by atoms with E-state index in [2.05, 4.69) is 15.7 Å². The predicted octanol–water partition coefficient (Wildman–Crippen LogP) is 3.69. The largest absolute Gasteiger partial charge is 0.416 e. The molecule has 1 aliphatic rings. The van der Waals surface area contributed by atoms with Crippen LogP contribution in [0.3, 0.4) is 0 Å². The van der Waals surface area contributed by atoms with Crippen molar-refractivity contribution in [1.29, 1.82) is 5.26 Å². The summed E-state index contributed by atoms with van der Waals surface area (Å²) in [6.07, 6.45) is -2.62. The first-order chi connectivity index (χ1) is 18.8. The highest BCUT2D eigenvalue weighted by molar-refractivity contribution is 6.04. The van der Waals surface area contributed by atoms with Crippen LogP contribution in [-0.4, -0.2) is 57.5 Å². The van der Waals surface area contributed by atoms with Crippen molar-refractivity contribution in [3.8, 4) is 6.07 Å². The fourth-order valence-electron chi connectivity index (χ4n) is 4.06. The molecule has 208 valence electrons. The van der Waals surface area contributed by atoms with Crippen LogP contribution in [0.25, 0.3) is 0 Å². The number of alkyl halides is 5. The van der Waals surface area contributed by atoms with Crippen LogP contribution < -0.4 is 10.6 Å². The fourth-order valence-corrected chi connectivity index (χ4v) is 4.06. The maximum absolute atomic E-state index is 13.6. The van der Waals surface area contributed by atoms with Crippen LogP contribution in [0.2, 0.25) is 0 Å². The molecule has 14 heteroatoms. The van der Waals surface area contributed by atoms with Gasteiger partial charge in [-0.3, -0.25) is 19.1 Å². The Morgan fingerprint density at radius 2 is 1.80 bits per heavy atom. The molecule has 3 amide bonds. The van der Waals surface area contributed by atoms with E-state index in [1.54, 1.807) is 24.3 Å². The molecule has 2 heterocycles. The molecule has 1 fully saturated rings. The van der Waals surface area contributed by atoms with Crippen LogP contribution in [0.4, 0.5) is 27.6 Å². The zero-order valence-electron chi connectivity index (χ0n) is 20.6. The summed E-state index contributed by atoms with van der Waals surface area (Å²) in [7, 11) is 0. The van der Waals surface area contributed by atoms with E-state index in [1.165, 1.54) is 23.1 Å². The SMILES string of the molecule is N#C[C@@H]1CC(F)(F)CN1C(=O)CNC(=O)c1cnn(Cc2cccc(C(=O)Nc3ccc(C(F)(F)F)cc3)c2)c1. The van der Waals surface area contributed by atoms with Gasteiger partial charge >= 0.3 is 6.18 Å². The van der Waals surface area contributed by atoms with Gasteiger partial charge in [0.1, 0.15) is 6.04 Å². The van der Waals surface area contributed by atoms with Gasteiger partial charge in [0.2, 0.25) is 5.91 Å². The average Bonchev–Trinajstić information content (AvgIpc) is 3.50. The Labute approximate surface area is 224 Å². The number of likely N-dealkylation sites (tertiary alicyclic amines) is 1. The van der Waals surface area contributed by atoms with Gasteiger partial charge in [-0.15, -0.1) is 0 Å². The highest BCUT2D eigenvalue weighted by Crippen LogP contribution is 2.32. The molecule has 0 unspecified atom stereocenters. The number of rotatable bonds is 7. The lowest BCUT2D eigenvalue weighted by Gasteiger charge is -2.19. The number of aromatic nitrogens is 2. The number of nitriles is 1. The topological polar surface area (TPSA) is 120 Å². The molecule has 1 saturated heterocycles. The lowest BCUT2D eigenvalue weighted by Crippen LogP contribution is -2.42. The van der Waals surface area contributed by atoms with Crippen molar-refractivity contribution in [2.45, 2.75) is 31.1 Å². The Morgan fingerprint density at radius 3 is 2.48 bits per heavy atom. The molecule has 1 aromatic heterocycles. The molecular formula is C26H21F5N6O3. The van der Waals surface area contributed by atoms with Gasteiger partial charge in [0, 0.05) is 23.9 Å². The van der Waals surface area contributed by atoms with Gasteiger partial charge in [0.05, 0.1) is 43.0 Å². The van der Waals surface area contributed by atoms with Crippen LogP contribution in [0.15, 0.2) is 60.9 Å². The lowest BCUT2D eigenvalue weighted by atomic mass is 10.1. The van der Waals surface area contributed by atoms with Gasteiger partial charge in [0.25, 0.3) is 17.7 Å². The molecule has 2 N–H and O–H groups in total. The minimum absolute atomic E-state index is 0.0904. The Morgan fingerprint density at radius 1 is 1.07 bits per heavy atom. The zero-order chi connectivity index (χ0) is 29.1. The summed E-state index contributed by atoms with van der Waals surface area (Å²) in [5.74, 6) is -5.19. The zero-order valence-corrected chi connectivity index (χ0v) is 20.6. The van der Waals surface area contributed by atoms with Crippen molar-refractivity contribution >= 4 is 23.4 Å². The van der Waals surface area contributed by atoms with Gasteiger partial charge < -0.3 is 15.5 Å². The van der Waals surface area contributed by atoms with Gasteiger partial charge in [0.15, 0.2) is 0 Å². The summed E-state index contributed by atoms with van der Waals surface area (Å²) in [6.45, 7) is -1.31. The van der Waals surface area contributed by atoms with Gasteiger partial charge in [-0.1, -0.05) is 12.1 Å². The van der Waals surface area contributed by atoms with Crippen LogP contribution in [0.1, 0.15) is 38.3 Å². The second kappa shape index (κ2) is 11.1. The normalized spacial score (nSPS) is 16.3. The molecule has 0 spiro atoms. The number of hydrogen-bond acceptors (Lipinski definition) is 5. The Bertz CT molecular complexity index is 1460. The molecule has 0 bridgehead atoms. The predicted molar refractivity (Wildman–Crippen MR) is 130 cm³/mol. The molecule has 40 heavy (non-hydrogen) atoms. The van der Waals surface area contributed by atoms with E-state index in [4.69, 9.17) is 5.26 Å². The van der Waals surface area contributed by atoms with Crippen LogP contribution in [-0.2, 0) is 17.5 Å². The number of carbonyl (C=O) groups excluding carboxylic acids is 3. The quantitative estimate of drug-likeness (QED) is 0.427. The van der Waals surface area contributed by atoms with Crippen molar-refractivity contribution in [2.24, 2.45) is 0 Å². The summed E-state index contributed by atoms with van der Waals surface area (Å²) in [5.41, 5.74) is 0.307. The smallest absolute Gasteiger partial charge is 0.343 e. The number of nitrogens with zero attached hydrogens (tertiary/aromatic N) is 4. The van der Waals surface area contributed by atoms with Crippen molar-refractivity contribution in [1.82, 2.24) is 20.0 Å². The van der Waals surface area contributed by atoms with E-state index in [0.717, 1.165) is 29.2 Å². The highest BCUT2D eigenvalue weighted by atomic mass is 19.4. The summed E-state index contributed by atoms with van der Waals surface area (Å²) in [4.78, 5) is 38.0. The van der Waals surface area contributed by atoms with Gasteiger partial charge in [-0.25, -0.2) is 8.78 Å². The third kappa shape index (κ3) is 6.79. The summed E-state index contributed by atoms with van der Waals surface area (Å²) < 4.78 is 66.7. The van der Waals surface area contributed by atoms with Crippen molar-refractivity contribution in [3.05, 3.63) is 83.2 Å². The number of nitrogens with one attached hydrogen (secondary N) is 2. The monoisotopic (exact) mass is 560 g/mol. The highest BCUT2D eigenvalue weighted by Gasteiger charge is 2.47. The van der Waals surface area contributed by atoms with Crippen molar-refractivity contribution < 1.29 is 36.3 Å². The van der Waals surface area contributed by atoms with E-state index in [1.807, 2.05) is 0 Å². The number of anilines is 1. The average molecular weight is 560 g/mol. The summed E-state index contributed by atoms with van der Waals surface area (Å²) in [6, 6.07) is 10.8. The molecule has 0 saturated carbocycles. The first-order valence-electron chi connectivity index (χ1n) is 11.8. The van der Waals surface area contributed by atoms with Gasteiger partial charge in [-0.05, 0) is 42.0 Å². The van der Waals surface area contributed by atoms with E-state index in [-0.39, 0.29) is 23.4 Å². The van der Waals surface area contributed by atoms with Crippen molar-refractivity contribution in [2.75, 3.05) is 18.4 Å². The van der Waals surface area contributed by atoms with Crippen LogP contribution in [0.5, 0.6) is 0 Å². The molecule has 4 rings (SSSR count). The summed E-state index contributed by atoms with van der Waals surface area (Å²) in [5, 5.41) is 17.9. The number of halogens is 5. The maximum Gasteiger partial charge on any atom is 0.416 e. The molecule has 9 nitrogen and oxygen atoms in total. The van der Waals surface area contributed by atoms with Gasteiger partial charge in [-0.2, -0.15) is 23.5 Å². The van der Waals surface area contributed by atoms with E-state index >= 15 is 0 Å². The standard InChI is InChI=1S/C26H21F5N6O3/c27-25(28)9-21(10-32)37(15-25)22(38)12-33-23(39)18-11-34-36(14-18)13-16-2-1-3-17(8-16)24(40)35-20-6-4-19(5-7-20)26(29,30)31/h1-8,11,14,21H,9,12-13,15H2,(H,33,39)(H,35,40)/t21-/m0/s1. The third-order valence-electron chi connectivity index (χ3n) is 6.04. The van der Waals surface area contributed by atoms with E-state index < -0.39 is 60.9 Å². The van der Waals surface area contributed by atoms with Crippen LogP contribution >= 0.6 is 0 Å². The van der Waals surface area contributed by atoms with E-state index in [9.17, 15) is 36.3 Å². The first-order valence-corrected chi connectivity index (χ1v) is 11.8. The minimum atomic E-state index is -4.49. The third-order valence-corrected chi connectivity index (χ3v) is 6.04. The molecule has 2 aromatic carbocycles. The van der Waals surface area contributed by atoms with Crippen molar-refractivity contribution in [3.63, 3.8) is 0 Å². The minimum Gasteiger partial charge on any atom is -0.343 e. The molecule has 1 atom stereocenters. The lowest BCUT2D eigenvalue weighted by molar-refractivity contribution is -0.137. The molecule has 1 aliphatic heterocycles. The number of amides is 3. The Hall–Kier alpha value is -4.80. The number of benzene rings is 2. The molecule has 0 radical (unpaired) electrons. The number of hydrogen-bond donors (Lipinski definition) is 2. The fraction of sp³-hybridized carbons (Fsp3) is 0.269. The molecule has 0 aliphatic carbocycles. The first kappa shape index (κ1) is 28.2. The second-order valence-corrected chi connectivity index (χ2v) is 9.07. The molecule has 3 aromatic rings. The Balaban J connectivity index is 1.33. The number of carbonyl (C=O) groups is 3. The Kier molecular flexibility index (Phi) is 7.85. The maximum atomic E-state index is 13.6. The summed E-state index contributed by atoms with van der Waals surface area (Å²) >= 11 is 0.